The predicted molar refractivity (Wildman–Crippen MR) is 80.5 cm³/mol. The van der Waals surface area contributed by atoms with Gasteiger partial charge in [-0.15, -0.1) is 0 Å². The Labute approximate surface area is 130 Å². The highest BCUT2D eigenvalue weighted by Gasteiger charge is 2.12. The van der Waals surface area contributed by atoms with Crippen molar-refractivity contribution in [2.24, 2.45) is 5.73 Å². The van der Waals surface area contributed by atoms with Crippen molar-refractivity contribution in [1.82, 2.24) is 0 Å². The van der Waals surface area contributed by atoms with Crippen LogP contribution in [0.5, 0.6) is 5.75 Å². The van der Waals surface area contributed by atoms with Crippen LogP contribution in [0.2, 0.25) is 5.02 Å². The van der Waals surface area contributed by atoms with Gasteiger partial charge >= 0.3 is 0 Å². The first kappa shape index (κ1) is 15.8. The molecule has 2 aromatic carbocycles. The Kier molecular flexibility index (Phi) is 4.95. The summed E-state index contributed by atoms with van der Waals surface area (Å²) in [5, 5.41) is 2.62. The van der Waals surface area contributed by atoms with Gasteiger partial charge in [-0.1, -0.05) is 23.7 Å². The molecule has 0 saturated carbocycles. The summed E-state index contributed by atoms with van der Waals surface area (Å²) in [5.74, 6) is -1.70. The maximum absolute atomic E-state index is 13.5. The fourth-order valence-corrected chi connectivity index (χ4v) is 1.89. The third kappa shape index (κ3) is 3.95. The molecule has 0 saturated heterocycles. The van der Waals surface area contributed by atoms with E-state index < -0.39 is 24.2 Å². The van der Waals surface area contributed by atoms with Gasteiger partial charge in [0, 0.05) is 5.02 Å². The molecule has 3 N–H and O–H groups in total. The topological polar surface area (TPSA) is 81.4 Å². The van der Waals surface area contributed by atoms with E-state index in [1.807, 2.05) is 0 Å². The molecule has 2 rings (SSSR count). The van der Waals surface area contributed by atoms with Gasteiger partial charge in [-0.3, -0.25) is 9.59 Å². The van der Waals surface area contributed by atoms with Crippen molar-refractivity contribution >= 4 is 29.1 Å². The van der Waals surface area contributed by atoms with Gasteiger partial charge in [0.25, 0.3) is 11.8 Å². The number of ether oxygens (including phenoxy) is 1. The number of primary amides is 1. The Morgan fingerprint density at radius 3 is 2.68 bits per heavy atom. The van der Waals surface area contributed by atoms with Gasteiger partial charge in [0.15, 0.2) is 6.61 Å². The Morgan fingerprint density at radius 2 is 1.95 bits per heavy atom. The van der Waals surface area contributed by atoms with Gasteiger partial charge in [0.2, 0.25) is 0 Å². The Balaban J connectivity index is 2.02. The number of halogens is 2. The summed E-state index contributed by atoms with van der Waals surface area (Å²) in [6.07, 6.45) is 0. The van der Waals surface area contributed by atoms with Crippen LogP contribution in [-0.4, -0.2) is 18.4 Å². The highest BCUT2D eigenvalue weighted by atomic mass is 35.5. The first-order chi connectivity index (χ1) is 10.5. The summed E-state index contributed by atoms with van der Waals surface area (Å²) in [4.78, 5) is 23.0. The predicted octanol–water partition coefficient (Wildman–Crippen LogP) is 2.60. The fraction of sp³-hybridized carbons (Fsp3) is 0.0667. The SMILES string of the molecule is NC(=O)c1ccccc1OCC(=O)Nc1cc(Cl)ccc1F. The molecule has 0 aliphatic heterocycles. The number of carbonyl (C=O) groups excluding carboxylic acids is 2. The Hall–Kier alpha value is -2.60. The Bertz CT molecular complexity index is 722. The van der Waals surface area contributed by atoms with Gasteiger partial charge in [0.1, 0.15) is 11.6 Å². The molecule has 22 heavy (non-hydrogen) atoms. The second kappa shape index (κ2) is 6.91. The zero-order chi connectivity index (χ0) is 16.1. The van der Waals surface area contributed by atoms with E-state index in [9.17, 15) is 14.0 Å². The number of para-hydroxylation sites is 1. The van der Waals surface area contributed by atoms with Crippen molar-refractivity contribution in [3.63, 3.8) is 0 Å². The highest BCUT2D eigenvalue weighted by molar-refractivity contribution is 6.30. The molecule has 0 aliphatic carbocycles. The Morgan fingerprint density at radius 1 is 1.23 bits per heavy atom. The van der Waals surface area contributed by atoms with E-state index in [2.05, 4.69) is 5.32 Å². The van der Waals surface area contributed by atoms with Gasteiger partial charge in [0.05, 0.1) is 11.3 Å². The summed E-state index contributed by atoms with van der Waals surface area (Å²) in [6.45, 7) is -0.407. The number of benzene rings is 2. The van der Waals surface area contributed by atoms with Crippen molar-refractivity contribution in [3.05, 3.63) is 58.9 Å². The number of nitrogens with one attached hydrogen (secondary N) is 1. The summed E-state index contributed by atoms with van der Waals surface area (Å²) >= 11 is 5.73. The normalized spacial score (nSPS) is 10.1. The first-order valence-electron chi connectivity index (χ1n) is 6.24. The van der Waals surface area contributed by atoms with E-state index >= 15 is 0 Å². The highest BCUT2D eigenvalue weighted by Crippen LogP contribution is 2.20. The van der Waals surface area contributed by atoms with Crippen LogP contribution in [0.25, 0.3) is 0 Å². The van der Waals surface area contributed by atoms with Crippen LogP contribution in [0, 0.1) is 5.82 Å². The molecule has 0 atom stereocenters. The van der Waals surface area contributed by atoms with E-state index in [1.165, 1.54) is 24.3 Å². The number of rotatable bonds is 5. The molecule has 0 radical (unpaired) electrons. The van der Waals surface area contributed by atoms with Crippen molar-refractivity contribution in [3.8, 4) is 5.75 Å². The lowest BCUT2D eigenvalue weighted by Crippen LogP contribution is -2.22. The average molecular weight is 323 g/mol. The minimum absolute atomic E-state index is 0.0516. The van der Waals surface area contributed by atoms with E-state index in [0.717, 1.165) is 6.07 Å². The summed E-state index contributed by atoms with van der Waals surface area (Å²) in [5.41, 5.74) is 5.30. The molecule has 7 heteroatoms. The maximum Gasteiger partial charge on any atom is 0.262 e. The summed E-state index contributed by atoms with van der Waals surface area (Å²) in [7, 11) is 0. The van der Waals surface area contributed by atoms with E-state index in [4.69, 9.17) is 22.1 Å². The van der Waals surface area contributed by atoms with Crippen LogP contribution in [0.15, 0.2) is 42.5 Å². The van der Waals surface area contributed by atoms with E-state index in [-0.39, 0.29) is 22.0 Å². The first-order valence-corrected chi connectivity index (χ1v) is 6.61. The monoisotopic (exact) mass is 322 g/mol. The van der Waals surface area contributed by atoms with Crippen LogP contribution >= 0.6 is 11.6 Å². The molecule has 2 amide bonds. The van der Waals surface area contributed by atoms with Crippen LogP contribution in [0.1, 0.15) is 10.4 Å². The van der Waals surface area contributed by atoms with Gasteiger partial charge in [-0.05, 0) is 30.3 Å². The van der Waals surface area contributed by atoms with E-state index in [0.29, 0.717) is 0 Å². The van der Waals surface area contributed by atoms with Gasteiger partial charge in [-0.25, -0.2) is 4.39 Å². The number of amides is 2. The zero-order valence-electron chi connectivity index (χ0n) is 11.3. The van der Waals surface area contributed by atoms with Gasteiger partial charge in [-0.2, -0.15) is 0 Å². The molecule has 2 aromatic rings. The molecule has 0 unspecified atom stereocenters. The average Bonchev–Trinajstić information content (AvgIpc) is 2.49. The second-order valence-corrected chi connectivity index (χ2v) is 4.76. The smallest absolute Gasteiger partial charge is 0.262 e. The molecule has 0 bridgehead atoms. The minimum atomic E-state index is -0.670. The van der Waals surface area contributed by atoms with Crippen LogP contribution in [0.3, 0.4) is 0 Å². The lowest BCUT2D eigenvalue weighted by atomic mass is 10.2. The van der Waals surface area contributed by atoms with Crippen LogP contribution in [-0.2, 0) is 4.79 Å². The van der Waals surface area contributed by atoms with Gasteiger partial charge < -0.3 is 15.8 Å². The van der Waals surface area contributed by atoms with Crippen LogP contribution in [0.4, 0.5) is 10.1 Å². The minimum Gasteiger partial charge on any atom is -0.483 e. The standard InChI is InChI=1S/C15H12ClFN2O3/c16-9-5-6-11(17)12(7-9)19-14(20)8-22-13-4-2-1-3-10(13)15(18)21/h1-7H,8H2,(H2,18,21)(H,19,20). The molecule has 0 fully saturated rings. The molecule has 0 aliphatic rings. The third-order valence-electron chi connectivity index (χ3n) is 2.71. The van der Waals surface area contributed by atoms with E-state index in [1.54, 1.807) is 12.1 Å². The fourth-order valence-electron chi connectivity index (χ4n) is 1.72. The number of hydrogen-bond acceptors (Lipinski definition) is 3. The second-order valence-electron chi connectivity index (χ2n) is 4.32. The molecule has 0 spiro atoms. The summed E-state index contributed by atoms with van der Waals surface area (Å²) < 4.78 is 18.7. The number of hydrogen-bond donors (Lipinski definition) is 2. The van der Waals surface area contributed by atoms with Crippen molar-refractivity contribution in [2.75, 3.05) is 11.9 Å². The zero-order valence-corrected chi connectivity index (χ0v) is 12.1. The lowest BCUT2D eigenvalue weighted by Gasteiger charge is -2.10. The quantitative estimate of drug-likeness (QED) is 0.887. The van der Waals surface area contributed by atoms with Crippen molar-refractivity contribution in [1.29, 1.82) is 0 Å². The molecule has 0 heterocycles. The largest absolute Gasteiger partial charge is 0.483 e. The summed E-state index contributed by atoms with van der Waals surface area (Å²) in [6, 6.07) is 10.0. The van der Waals surface area contributed by atoms with Crippen molar-refractivity contribution in [2.45, 2.75) is 0 Å². The molecular formula is C15H12ClFN2O3. The number of nitrogens with two attached hydrogens (primary N) is 1. The molecule has 114 valence electrons. The number of carbonyl (C=O) groups is 2. The van der Waals surface area contributed by atoms with Crippen LogP contribution < -0.4 is 15.8 Å². The maximum atomic E-state index is 13.5. The van der Waals surface area contributed by atoms with Crippen molar-refractivity contribution < 1.29 is 18.7 Å². The molecule has 5 nitrogen and oxygen atoms in total. The molecule has 0 aromatic heterocycles. The lowest BCUT2D eigenvalue weighted by molar-refractivity contribution is -0.118. The number of anilines is 1. The molecular weight excluding hydrogens is 311 g/mol. The third-order valence-corrected chi connectivity index (χ3v) is 2.95.